The van der Waals surface area contributed by atoms with Crippen LogP contribution in [0.3, 0.4) is 0 Å². The van der Waals surface area contributed by atoms with Crippen LogP contribution in [0.5, 0.6) is 0 Å². The van der Waals surface area contributed by atoms with Gasteiger partial charge in [0.25, 0.3) is 0 Å². The molecule has 0 saturated carbocycles. The molecule has 10 nitrogen and oxygen atoms in total. The van der Waals surface area contributed by atoms with Crippen LogP contribution >= 0.6 is 0 Å². The van der Waals surface area contributed by atoms with Crippen LogP contribution in [0.2, 0.25) is 0 Å². The number of hydrogen-bond acceptors (Lipinski definition) is 10. The zero-order chi connectivity index (χ0) is 25.7. The van der Waals surface area contributed by atoms with Gasteiger partial charge in [-0.2, -0.15) is 0 Å². The summed E-state index contributed by atoms with van der Waals surface area (Å²) in [6.45, 7) is 3.71. The third-order valence-corrected chi connectivity index (χ3v) is 4.49. The first kappa shape index (κ1) is 44.6. The van der Waals surface area contributed by atoms with Crippen LogP contribution in [-0.2, 0) is 28.4 Å². The molecule has 0 aliphatic heterocycles. The molecule has 0 aliphatic carbocycles. The van der Waals surface area contributed by atoms with Crippen molar-refractivity contribution in [2.75, 3.05) is 66.1 Å². The molecule has 0 saturated heterocycles. The van der Waals surface area contributed by atoms with Gasteiger partial charge in [-0.25, -0.2) is 21.3 Å². The Kier molecular flexibility index (Phi) is 46.0. The number of aliphatic hydroxyl groups is 4. The second kappa shape index (κ2) is 38.1. The van der Waals surface area contributed by atoms with Crippen LogP contribution in [0.25, 0.3) is 0 Å². The molecular formula is C25H52O10Rf2-4. The first-order valence-electron chi connectivity index (χ1n) is 12.0. The Balaban J connectivity index is -0.000000224. The summed E-state index contributed by atoms with van der Waals surface area (Å²) in [5.41, 5.74) is 0. The van der Waals surface area contributed by atoms with Crippen LogP contribution in [0.1, 0.15) is 51.4 Å². The summed E-state index contributed by atoms with van der Waals surface area (Å²) in [4.78, 5) is 0. The number of aliphatic hydroxyl groups excluding tert-OH is 4. The molecular weight excluding hydrogens is 994 g/mol. The van der Waals surface area contributed by atoms with Crippen LogP contribution in [0.15, 0.2) is 0 Å². The van der Waals surface area contributed by atoms with E-state index in [4.69, 9.17) is 24.4 Å². The fourth-order valence-electron chi connectivity index (χ4n) is 2.67. The number of ether oxygens (including phenoxy) is 6. The minimum atomic E-state index is -0.649. The Morgan fingerprint density at radius 3 is 1.24 bits per heavy atom. The summed E-state index contributed by atoms with van der Waals surface area (Å²) >= 11 is 0. The summed E-state index contributed by atoms with van der Waals surface area (Å²) in [6, 6.07) is 0. The van der Waals surface area contributed by atoms with Crippen molar-refractivity contribution in [1.29, 1.82) is 0 Å². The van der Waals surface area contributed by atoms with Crippen molar-refractivity contribution in [2.45, 2.75) is 69.7 Å². The van der Waals surface area contributed by atoms with E-state index in [1.54, 1.807) is 0 Å². The molecule has 3 atom stereocenters. The Morgan fingerprint density at radius 2 is 0.865 bits per heavy atom. The van der Waals surface area contributed by atoms with E-state index in [9.17, 15) is 10.2 Å². The zero-order valence-electron chi connectivity index (χ0n) is 23.2. The van der Waals surface area contributed by atoms with Gasteiger partial charge in [-0.15, -0.1) is 0 Å². The summed E-state index contributed by atoms with van der Waals surface area (Å²) < 4.78 is 29.3. The van der Waals surface area contributed by atoms with Crippen molar-refractivity contribution in [3.05, 3.63) is 28.8 Å². The van der Waals surface area contributed by atoms with Crippen molar-refractivity contribution < 1.29 is 48.8 Å². The molecule has 12 heteroatoms. The molecule has 0 bridgehead atoms. The van der Waals surface area contributed by atoms with Gasteiger partial charge in [-0.1, -0.05) is 25.7 Å². The quantitative estimate of drug-likeness (QED) is 0.0797. The zero-order valence-corrected chi connectivity index (χ0v) is 36.0. The molecule has 220 valence electrons. The fourth-order valence-corrected chi connectivity index (χ4v) is 2.67. The Morgan fingerprint density at radius 1 is 0.486 bits per heavy atom. The molecule has 0 fully saturated rings. The molecule has 4 N–H and O–H groups in total. The van der Waals surface area contributed by atoms with Crippen LogP contribution in [0, 0.1) is 28.8 Å². The molecule has 0 heterocycles. The summed E-state index contributed by atoms with van der Waals surface area (Å²) in [7, 11) is 9.54. The van der Waals surface area contributed by atoms with Gasteiger partial charge in [0.15, 0.2) is 0 Å². The third kappa shape index (κ3) is 41.0. The van der Waals surface area contributed by atoms with E-state index in [0.29, 0.717) is 26.1 Å². The van der Waals surface area contributed by atoms with Gasteiger partial charge in [0.1, 0.15) is 0 Å². The topological polar surface area (TPSA) is 136 Å². The van der Waals surface area contributed by atoms with Crippen LogP contribution in [0.4, 0.5) is 0 Å². The van der Waals surface area contributed by atoms with Gasteiger partial charge < -0.3 is 56.3 Å². The van der Waals surface area contributed by atoms with E-state index in [1.165, 1.54) is 25.7 Å². The SMILES string of the molecule is [CH2-]OCC(O)CCOCCCCCCCCOCCC(O)CO[CH2-].[CH2-]OCC(O)COCCO.[CH3-].[Rf].[Rf]. The van der Waals surface area contributed by atoms with Crippen molar-refractivity contribution >= 4 is 0 Å². The van der Waals surface area contributed by atoms with E-state index in [0.717, 1.165) is 26.1 Å². The molecule has 0 aromatic rings. The van der Waals surface area contributed by atoms with Crippen molar-refractivity contribution in [2.24, 2.45) is 0 Å². The summed E-state index contributed by atoms with van der Waals surface area (Å²) in [5, 5.41) is 36.0. The second-order valence-corrected chi connectivity index (χ2v) is 7.80. The molecule has 0 aromatic heterocycles. The molecule has 0 rings (SSSR count). The maximum absolute atomic E-state index is 9.40. The Hall–Kier alpha value is -2.40. The second-order valence-electron chi connectivity index (χ2n) is 7.80. The molecule has 0 amide bonds. The predicted molar refractivity (Wildman–Crippen MR) is 135 cm³/mol. The van der Waals surface area contributed by atoms with Crippen LogP contribution < -0.4 is 0 Å². The summed E-state index contributed by atoms with van der Waals surface area (Å²) in [5.74, 6) is 0. The van der Waals surface area contributed by atoms with E-state index < -0.39 is 18.3 Å². The maximum Gasteiger partial charge on any atom is 0.0976 e. The molecule has 0 spiro atoms. The Bertz CT molecular complexity index is 350. The fraction of sp³-hybridized carbons (Fsp3) is 0.840. The largest absolute Gasteiger partial charge is 0.553 e. The number of unbranched alkanes of at least 4 members (excludes halogenated alkanes) is 5. The third-order valence-electron chi connectivity index (χ3n) is 4.49. The van der Waals surface area contributed by atoms with Crippen LogP contribution in [-0.4, -0.2) is 105 Å². The summed E-state index contributed by atoms with van der Waals surface area (Å²) in [6.07, 6.45) is 6.45. The first-order chi connectivity index (χ1) is 16.5. The van der Waals surface area contributed by atoms with E-state index >= 15 is 0 Å². The van der Waals surface area contributed by atoms with Gasteiger partial charge in [-0.3, -0.25) is 0 Å². The number of rotatable bonds is 25. The van der Waals surface area contributed by atoms with Gasteiger partial charge in [0, 0.05) is 46.2 Å². The molecule has 0 aliphatic rings. The van der Waals surface area contributed by atoms with Gasteiger partial charge in [0.2, 0.25) is 0 Å². The van der Waals surface area contributed by atoms with Crippen molar-refractivity contribution in [1.82, 2.24) is 0 Å². The monoisotopic (exact) mass is 1050 g/mol. The molecule has 0 aromatic carbocycles. The van der Waals surface area contributed by atoms with Crippen molar-refractivity contribution in [3.8, 4) is 0 Å². The van der Waals surface area contributed by atoms with Crippen molar-refractivity contribution in [3.63, 3.8) is 0 Å². The minimum Gasteiger partial charge on any atom is -0.553 e. The molecule has 0 radical (unpaired) electrons. The average Bonchev–Trinajstić information content (AvgIpc) is 2.80. The van der Waals surface area contributed by atoms with E-state index in [-0.39, 0.29) is 47.1 Å². The standard InChI is InChI=1S/C18H36O6.C6H13O4.CH3.2Rf/c1-21-15-17(19)9-13-23-11-7-5-3-4-6-8-12-24-14-10-18(20)16-22-2;1-9-4-6(8)5-10-3-2-7;;;/h17-20H,1-16H2;6-8H,1-5H2;1H3;;/q-2;2*-1;;. The number of hydrogen-bond donors (Lipinski definition) is 4. The van der Waals surface area contributed by atoms with Gasteiger partial charge in [-0.05, 0) is 25.7 Å². The first-order valence-corrected chi connectivity index (χ1v) is 12.0. The molecule has 3 unspecified atom stereocenters. The van der Waals surface area contributed by atoms with Gasteiger partial charge >= 0.3 is 0 Å². The van der Waals surface area contributed by atoms with Gasteiger partial charge in [0.05, 0.1) is 38.1 Å². The maximum atomic E-state index is 9.40. The minimum absolute atomic E-state index is 0. The average molecular weight is 1050 g/mol. The predicted octanol–water partition coefficient (Wildman–Crippen LogP) is 2.09. The van der Waals surface area contributed by atoms with E-state index in [1.807, 2.05) is 0 Å². The smallest absolute Gasteiger partial charge is 0.0976 e. The van der Waals surface area contributed by atoms with E-state index in [2.05, 4.69) is 35.5 Å². The molecule has 37 heavy (non-hydrogen) atoms. The normalized spacial score (nSPS) is 12.7. The Labute approximate surface area is 213 Å².